The number of rotatable bonds is 19. The number of H-pyrrole nitrogens is 1. The Kier molecular flexibility index (Phi) is 14.3. The molecule has 270 valence electrons. The first-order valence-corrected chi connectivity index (χ1v) is 16.1. The highest BCUT2D eigenvalue weighted by Gasteiger charge is 2.34. The van der Waals surface area contributed by atoms with E-state index in [9.17, 15) is 44.1 Å². The number of nitrogens with two attached hydrogens (primary N) is 1. The van der Waals surface area contributed by atoms with Crippen molar-refractivity contribution in [3.05, 3.63) is 65.9 Å². The van der Waals surface area contributed by atoms with E-state index in [0.717, 1.165) is 10.9 Å². The van der Waals surface area contributed by atoms with Crippen LogP contribution in [0.1, 0.15) is 44.2 Å². The van der Waals surface area contributed by atoms with Gasteiger partial charge in [-0.15, -0.1) is 0 Å². The molecule has 0 aliphatic heterocycles. The number of hydrogen-bond acceptors (Lipinski definition) is 9. The van der Waals surface area contributed by atoms with Crippen LogP contribution in [0.15, 0.2) is 54.7 Å². The van der Waals surface area contributed by atoms with Crippen LogP contribution in [0.2, 0.25) is 0 Å². The minimum Gasteiger partial charge on any atom is -0.508 e. The van der Waals surface area contributed by atoms with Gasteiger partial charge in [-0.2, -0.15) is 0 Å². The molecule has 0 fully saturated rings. The molecule has 0 unspecified atom stereocenters. The van der Waals surface area contributed by atoms with Crippen molar-refractivity contribution in [1.82, 2.24) is 26.3 Å². The number of aromatic amines is 1. The Bertz CT molecular complexity index is 1660. The number of para-hydroxylation sites is 1. The summed E-state index contributed by atoms with van der Waals surface area (Å²) < 4.78 is 0. The predicted molar refractivity (Wildman–Crippen MR) is 181 cm³/mol. The Morgan fingerprint density at radius 1 is 0.800 bits per heavy atom. The number of amides is 4. The van der Waals surface area contributed by atoms with Gasteiger partial charge in [-0.3, -0.25) is 24.0 Å². The number of aliphatic hydroxyl groups is 1. The molecule has 16 heteroatoms. The number of aliphatic carboxylic acids is 2. The third-order valence-electron chi connectivity index (χ3n) is 8.33. The summed E-state index contributed by atoms with van der Waals surface area (Å²) in [6.07, 6.45) is 1.01. The van der Waals surface area contributed by atoms with Crippen LogP contribution in [-0.4, -0.2) is 97.8 Å². The highest BCUT2D eigenvalue weighted by molar-refractivity contribution is 5.96. The lowest BCUT2D eigenvalue weighted by Gasteiger charge is -2.28. The van der Waals surface area contributed by atoms with Crippen molar-refractivity contribution in [1.29, 1.82) is 0 Å². The molecule has 0 saturated heterocycles. The Morgan fingerprint density at radius 3 is 2.02 bits per heavy atom. The second-order valence-corrected chi connectivity index (χ2v) is 12.0. The van der Waals surface area contributed by atoms with E-state index in [-0.39, 0.29) is 25.0 Å². The maximum atomic E-state index is 14.0. The fraction of sp³-hybridized carbons (Fsp3) is 0.412. The van der Waals surface area contributed by atoms with Gasteiger partial charge in [0.25, 0.3) is 0 Å². The van der Waals surface area contributed by atoms with Gasteiger partial charge in [-0.1, -0.05) is 50.6 Å². The number of carboxylic acids is 2. The highest BCUT2D eigenvalue weighted by atomic mass is 16.4. The first-order valence-electron chi connectivity index (χ1n) is 16.1. The van der Waals surface area contributed by atoms with Gasteiger partial charge in [-0.25, -0.2) is 4.79 Å². The lowest BCUT2D eigenvalue weighted by molar-refractivity contribution is -0.143. The molecule has 4 amide bonds. The molecule has 0 spiro atoms. The standard InChI is InChI=1S/C34H44N6O10/c1-3-18(2)29(33(48)37-25(34(49)50)12-13-28(43)44)40-32(47)27(15-20-16-36-24-7-5-4-6-22(20)24)39-31(46)26(38-30(45)23(35)17-41)14-19-8-10-21(42)11-9-19/h4-11,16,18,23,25-27,29,36,41-42H,3,12-15,17,35H2,1-2H3,(H,37,48)(H,38,45)(H,39,46)(H,40,47)(H,43,44)(H,49,50)/t18-,23-,25-,26-,27-,29-/m0/s1. The zero-order valence-electron chi connectivity index (χ0n) is 27.7. The average molecular weight is 697 g/mol. The number of aromatic nitrogens is 1. The molecular weight excluding hydrogens is 652 g/mol. The summed E-state index contributed by atoms with van der Waals surface area (Å²) in [4.78, 5) is 79.9. The fourth-order valence-electron chi connectivity index (χ4n) is 5.18. The number of carbonyl (C=O) groups is 6. The summed E-state index contributed by atoms with van der Waals surface area (Å²) in [5.74, 6) is -6.48. The summed E-state index contributed by atoms with van der Waals surface area (Å²) in [7, 11) is 0. The molecule has 16 nitrogen and oxygen atoms in total. The molecule has 1 aromatic heterocycles. The van der Waals surface area contributed by atoms with Crippen LogP contribution < -0.4 is 27.0 Å². The predicted octanol–water partition coefficient (Wildman–Crippen LogP) is -0.0870. The quantitative estimate of drug-likeness (QED) is 0.0791. The molecule has 11 N–H and O–H groups in total. The Labute approximate surface area is 287 Å². The van der Waals surface area contributed by atoms with Crippen molar-refractivity contribution < 1.29 is 49.2 Å². The number of fused-ring (bicyclic) bond motifs is 1. The van der Waals surface area contributed by atoms with Crippen molar-refractivity contribution in [2.24, 2.45) is 11.7 Å². The van der Waals surface area contributed by atoms with Crippen LogP contribution >= 0.6 is 0 Å². The van der Waals surface area contributed by atoms with E-state index < -0.39 is 84.7 Å². The highest BCUT2D eigenvalue weighted by Crippen LogP contribution is 2.20. The summed E-state index contributed by atoms with van der Waals surface area (Å²) in [6.45, 7) is 2.73. The lowest BCUT2D eigenvalue weighted by atomic mass is 9.96. The number of hydrogen-bond donors (Lipinski definition) is 10. The largest absolute Gasteiger partial charge is 0.508 e. The number of aromatic hydroxyl groups is 1. The molecule has 3 aromatic rings. The van der Waals surface area contributed by atoms with Crippen LogP contribution in [0.3, 0.4) is 0 Å². The number of aliphatic hydroxyl groups excluding tert-OH is 1. The summed E-state index contributed by atoms with van der Waals surface area (Å²) >= 11 is 0. The van der Waals surface area contributed by atoms with Gasteiger partial charge in [0, 0.05) is 36.4 Å². The van der Waals surface area contributed by atoms with Crippen LogP contribution in [0, 0.1) is 5.92 Å². The summed E-state index contributed by atoms with van der Waals surface area (Å²) in [5.41, 5.74) is 7.64. The van der Waals surface area contributed by atoms with Crippen LogP contribution in [0.4, 0.5) is 0 Å². The van der Waals surface area contributed by atoms with Gasteiger partial charge in [0.1, 0.15) is 36.0 Å². The minimum atomic E-state index is -1.53. The van der Waals surface area contributed by atoms with Crippen LogP contribution in [0.25, 0.3) is 10.9 Å². The van der Waals surface area contributed by atoms with Crippen LogP contribution in [-0.2, 0) is 41.6 Å². The van der Waals surface area contributed by atoms with Crippen molar-refractivity contribution in [2.45, 2.75) is 76.2 Å². The van der Waals surface area contributed by atoms with E-state index in [0.29, 0.717) is 17.5 Å². The molecule has 1 heterocycles. The number of phenols is 1. The number of benzene rings is 2. The number of phenolic OH excluding ortho intramolecular Hbond substituents is 1. The van der Waals surface area contributed by atoms with Crippen molar-refractivity contribution in [3.63, 3.8) is 0 Å². The number of nitrogens with one attached hydrogen (secondary N) is 5. The first kappa shape index (κ1) is 39.0. The van der Waals surface area contributed by atoms with Crippen molar-refractivity contribution in [3.8, 4) is 5.75 Å². The molecule has 6 atom stereocenters. The topological polar surface area (TPSA) is 273 Å². The molecule has 0 bridgehead atoms. The van der Waals surface area contributed by atoms with E-state index in [1.54, 1.807) is 38.2 Å². The van der Waals surface area contributed by atoms with E-state index in [4.69, 9.17) is 10.8 Å². The van der Waals surface area contributed by atoms with Crippen LogP contribution in [0.5, 0.6) is 5.75 Å². The SMILES string of the molecule is CC[C@H](C)[C@H](NC(=O)[C@H](Cc1c[nH]c2ccccc12)NC(=O)[C@H](Cc1ccc(O)cc1)NC(=O)[C@@H](N)CO)C(=O)N[C@@H](CCC(=O)O)C(=O)O. The Morgan fingerprint density at radius 2 is 1.40 bits per heavy atom. The zero-order valence-corrected chi connectivity index (χ0v) is 27.7. The zero-order chi connectivity index (χ0) is 37.0. The van der Waals surface area contributed by atoms with E-state index in [1.165, 1.54) is 12.1 Å². The molecule has 3 rings (SSSR count). The monoisotopic (exact) mass is 696 g/mol. The van der Waals surface area contributed by atoms with E-state index >= 15 is 0 Å². The third kappa shape index (κ3) is 11.0. The van der Waals surface area contributed by atoms with Gasteiger partial charge in [0.05, 0.1) is 6.61 Å². The third-order valence-corrected chi connectivity index (χ3v) is 8.33. The first-order chi connectivity index (χ1) is 23.7. The minimum absolute atomic E-state index is 0.0204. The molecular formula is C34H44N6O10. The Hall–Kier alpha value is -5.48. The van der Waals surface area contributed by atoms with Gasteiger partial charge in [0.15, 0.2) is 0 Å². The average Bonchev–Trinajstić information content (AvgIpc) is 3.50. The van der Waals surface area contributed by atoms with Crippen molar-refractivity contribution >= 4 is 46.5 Å². The van der Waals surface area contributed by atoms with E-state index in [1.807, 2.05) is 18.2 Å². The maximum absolute atomic E-state index is 14.0. The lowest BCUT2D eigenvalue weighted by Crippen LogP contribution is -2.60. The molecule has 0 aliphatic carbocycles. The molecule has 0 saturated carbocycles. The smallest absolute Gasteiger partial charge is 0.326 e. The summed E-state index contributed by atoms with van der Waals surface area (Å²) in [6, 6.07) is 6.39. The van der Waals surface area contributed by atoms with Gasteiger partial charge >= 0.3 is 11.9 Å². The Balaban J connectivity index is 1.95. The normalized spacial score (nSPS) is 14.7. The van der Waals surface area contributed by atoms with Crippen molar-refractivity contribution in [2.75, 3.05) is 6.61 Å². The fourth-order valence-corrected chi connectivity index (χ4v) is 5.18. The van der Waals surface area contributed by atoms with E-state index in [2.05, 4.69) is 26.3 Å². The molecule has 0 aliphatic rings. The number of carboxylic acid groups (broad SMARTS) is 2. The maximum Gasteiger partial charge on any atom is 0.326 e. The van der Waals surface area contributed by atoms with Gasteiger partial charge in [-0.05, 0) is 41.7 Å². The second-order valence-electron chi connectivity index (χ2n) is 12.0. The molecule has 2 aromatic carbocycles. The summed E-state index contributed by atoms with van der Waals surface area (Å²) in [5, 5.41) is 48.6. The van der Waals surface area contributed by atoms with Gasteiger partial charge < -0.3 is 52.4 Å². The second kappa shape index (κ2) is 18.3. The molecule has 0 radical (unpaired) electrons. The molecule has 50 heavy (non-hydrogen) atoms. The number of carbonyl (C=O) groups excluding carboxylic acids is 4. The van der Waals surface area contributed by atoms with Gasteiger partial charge in [0.2, 0.25) is 23.6 Å².